The van der Waals surface area contributed by atoms with E-state index in [1.165, 1.54) is 0 Å². The summed E-state index contributed by atoms with van der Waals surface area (Å²) in [5, 5.41) is 13.7. The van der Waals surface area contributed by atoms with Crippen molar-refractivity contribution in [3.05, 3.63) is 0 Å². The highest BCUT2D eigenvalue weighted by Crippen LogP contribution is 2.68. The molecule has 4 rings (SSSR count). The van der Waals surface area contributed by atoms with Crippen LogP contribution in [0.25, 0.3) is 0 Å². The lowest BCUT2D eigenvalue weighted by Crippen LogP contribution is -2.60. The van der Waals surface area contributed by atoms with Gasteiger partial charge in [0.2, 0.25) is 0 Å². The van der Waals surface area contributed by atoms with Crippen LogP contribution in [-0.4, -0.2) is 42.2 Å². The predicted octanol–water partition coefficient (Wildman–Crippen LogP) is 4.75. The number of ether oxygens (including phenoxy) is 1. The molecular weight excluding hydrogens is 414 g/mol. The van der Waals surface area contributed by atoms with Gasteiger partial charge in [0.05, 0.1) is 12.6 Å². The smallest absolute Gasteiger partial charge is 0.320 e. The van der Waals surface area contributed by atoms with Crippen molar-refractivity contribution in [2.24, 2.45) is 46.3 Å². The maximum Gasteiger partial charge on any atom is 0.320 e. The number of ketones is 1. The zero-order valence-electron chi connectivity index (χ0n) is 21.6. The number of carbonyl (C=O) groups excluding carboxylic acids is 2. The van der Waals surface area contributed by atoms with Gasteiger partial charge in [-0.2, -0.15) is 0 Å². The minimum atomic E-state index is -0.187. The molecule has 4 aliphatic carbocycles. The minimum absolute atomic E-state index is 0.0700. The number of carbonyl (C=O) groups is 2. The summed E-state index contributed by atoms with van der Waals surface area (Å²) in [5.41, 5.74) is 0.0341. The van der Waals surface area contributed by atoms with E-state index in [0.29, 0.717) is 35.4 Å². The van der Waals surface area contributed by atoms with E-state index in [1.807, 2.05) is 0 Å². The lowest BCUT2D eigenvalue weighted by atomic mass is 9.43. The standard InChI is InChI=1S/C28H47NO4/c1-6-17(2)15-29-16-25(32)33-24-14-28(5)22(18(3)30)9-10-23(28)21-8-7-19-13-20(31)11-12-27(19,4)26(21)24/h17,19-24,26,29,31H,6-16H2,1-5H3/t17?,19-,20+,21-,22+,23-,24-,26+,27-,28+/m0/s1. The molecule has 0 aromatic carbocycles. The molecule has 2 N–H and O–H groups in total. The van der Waals surface area contributed by atoms with E-state index in [2.05, 4.69) is 33.0 Å². The first kappa shape index (κ1) is 25.2. The van der Waals surface area contributed by atoms with E-state index in [-0.39, 0.29) is 41.5 Å². The number of rotatable bonds is 7. The average Bonchev–Trinajstić information content (AvgIpc) is 3.10. The molecule has 0 spiro atoms. The first-order valence-corrected chi connectivity index (χ1v) is 13.7. The Morgan fingerprint density at radius 1 is 1.12 bits per heavy atom. The summed E-state index contributed by atoms with van der Waals surface area (Å²) in [7, 11) is 0. The molecule has 1 unspecified atom stereocenters. The fourth-order valence-electron chi connectivity index (χ4n) is 8.88. The fourth-order valence-corrected chi connectivity index (χ4v) is 8.88. The van der Waals surface area contributed by atoms with Gasteiger partial charge in [-0.25, -0.2) is 0 Å². The molecule has 0 amide bonds. The number of esters is 1. The summed E-state index contributed by atoms with van der Waals surface area (Å²) in [5.74, 6) is 2.68. The molecule has 4 fully saturated rings. The van der Waals surface area contributed by atoms with Gasteiger partial charge < -0.3 is 15.2 Å². The van der Waals surface area contributed by atoms with Gasteiger partial charge in [0, 0.05) is 11.8 Å². The van der Waals surface area contributed by atoms with Crippen molar-refractivity contribution in [2.45, 2.75) is 105 Å². The molecule has 0 aromatic rings. The number of Topliss-reactive ketones (excluding diaryl/α,β-unsaturated/α-hetero) is 1. The van der Waals surface area contributed by atoms with Crippen molar-refractivity contribution in [1.82, 2.24) is 5.32 Å². The average molecular weight is 462 g/mol. The van der Waals surface area contributed by atoms with E-state index in [0.717, 1.165) is 64.3 Å². The molecule has 4 aliphatic rings. The number of fused-ring (bicyclic) bond motifs is 5. The van der Waals surface area contributed by atoms with Crippen LogP contribution in [0.5, 0.6) is 0 Å². The van der Waals surface area contributed by atoms with Crippen molar-refractivity contribution < 1.29 is 19.4 Å². The van der Waals surface area contributed by atoms with Gasteiger partial charge in [-0.15, -0.1) is 0 Å². The SMILES string of the molecule is CCC(C)CNCC(=O)O[C@H]1C[C@]2(C)[C@@H](C(C)=O)CC[C@H]2[C@@H]2CC[C@H]3C[C@H](O)CC[C@]3(C)[C@H]21. The van der Waals surface area contributed by atoms with Gasteiger partial charge in [-0.3, -0.25) is 9.59 Å². The van der Waals surface area contributed by atoms with Crippen molar-refractivity contribution in [2.75, 3.05) is 13.1 Å². The summed E-state index contributed by atoms with van der Waals surface area (Å²) < 4.78 is 6.34. The van der Waals surface area contributed by atoms with Gasteiger partial charge in [-0.05, 0) is 99.3 Å². The van der Waals surface area contributed by atoms with Crippen molar-refractivity contribution >= 4 is 11.8 Å². The number of hydrogen-bond donors (Lipinski definition) is 2. The molecule has 0 heterocycles. The molecule has 10 atom stereocenters. The van der Waals surface area contributed by atoms with Gasteiger partial charge in [0.15, 0.2) is 0 Å². The third kappa shape index (κ3) is 4.53. The lowest BCUT2D eigenvalue weighted by Gasteiger charge is -2.62. The number of aliphatic hydroxyl groups is 1. The summed E-state index contributed by atoms with van der Waals surface area (Å²) in [4.78, 5) is 25.6. The summed E-state index contributed by atoms with van der Waals surface area (Å²) >= 11 is 0. The molecular formula is C28H47NO4. The van der Waals surface area contributed by atoms with E-state index in [9.17, 15) is 14.7 Å². The summed E-state index contributed by atoms with van der Waals surface area (Å²) in [6, 6.07) is 0. The second kappa shape index (κ2) is 9.60. The van der Waals surface area contributed by atoms with Gasteiger partial charge in [0.25, 0.3) is 0 Å². The van der Waals surface area contributed by atoms with Crippen LogP contribution in [-0.2, 0) is 14.3 Å². The normalized spacial score (nSPS) is 45.5. The quantitative estimate of drug-likeness (QED) is 0.535. The Kier molecular flexibility index (Phi) is 7.32. The first-order valence-electron chi connectivity index (χ1n) is 13.7. The highest BCUT2D eigenvalue weighted by molar-refractivity contribution is 5.79. The molecule has 0 aromatic heterocycles. The van der Waals surface area contributed by atoms with Crippen LogP contribution in [0.15, 0.2) is 0 Å². The third-order valence-corrected chi connectivity index (χ3v) is 10.8. The van der Waals surface area contributed by atoms with E-state index >= 15 is 0 Å². The second-order valence-electron chi connectivity index (χ2n) is 12.6. The highest BCUT2D eigenvalue weighted by Gasteiger charge is 2.64. The lowest BCUT2D eigenvalue weighted by molar-refractivity contribution is -0.198. The van der Waals surface area contributed by atoms with E-state index in [4.69, 9.17) is 4.74 Å². The Balaban J connectivity index is 1.59. The Labute approximate surface area is 200 Å². The molecule has 0 aliphatic heterocycles. The fraction of sp³-hybridized carbons (Fsp3) is 0.929. The van der Waals surface area contributed by atoms with Crippen LogP contribution >= 0.6 is 0 Å². The second-order valence-corrected chi connectivity index (χ2v) is 12.6. The molecule has 0 saturated heterocycles. The Morgan fingerprint density at radius 3 is 2.58 bits per heavy atom. The van der Waals surface area contributed by atoms with Crippen molar-refractivity contribution in [3.63, 3.8) is 0 Å². The van der Waals surface area contributed by atoms with Crippen LogP contribution in [0.3, 0.4) is 0 Å². The zero-order chi connectivity index (χ0) is 24.0. The molecule has 4 saturated carbocycles. The van der Waals surface area contributed by atoms with Gasteiger partial charge in [-0.1, -0.05) is 34.1 Å². The van der Waals surface area contributed by atoms with E-state index < -0.39 is 0 Å². The largest absolute Gasteiger partial charge is 0.461 e. The topological polar surface area (TPSA) is 75.6 Å². The minimum Gasteiger partial charge on any atom is -0.461 e. The van der Waals surface area contributed by atoms with E-state index in [1.54, 1.807) is 6.92 Å². The third-order valence-electron chi connectivity index (χ3n) is 10.8. The Bertz CT molecular complexity index is 739. The maximum absolute atomic E-state index is 13.0. The van der Waals surface area contributed by atoms with Crippen molar-refractivity contribution in [1.29, 1.82) is 0 Å². The predicted molar refractivity (Wildman–Crippen MR) is 129 cm³/mol. The first-order chi connectivity index (χ1) is 15.6. The monoisotopic (exact) mass is 461 g/mol. The van der Waals surface area contributed by atoms with Gasteiger partial charge in [0.1, 0.15) is 11.9 Å². The maximum atomic E-state index is 13.0. The van der Waals surface area contributed by atoms with Crippen LogP contribution in [0.4, 0.5) is 0 Å². The van der Waals surface area contributed by atoms with Crippen LogP contribution in [0.2, 0.25) is 0 Å². The molecule has 5 nitrogen and oxygen atoms in total. The van der Waals surface area contributed by atoms with Crippen LogP contribution in [0.1, 0.15) is 92.4 Å². The summed E-state index contributed by atoms with van der Waals surface area (Å²) in [6.45, 7) is 11.9. The summed E-state index contributed by atoms with van der Waals surface area (Å²) in [6.07, 6.45) is 8.74. The van der Waals surface area contributed by atoms with Crippen LogP contribution < -0.4 is 5.32 Å². The van der Waals surface area contributed by atoms with Crippen molar-refractivity contribution in [3.8, 4) is 0 Å². The number of aliphatic hydroxyl groups excluding tert-OH is 1. The van der Waals surface area contributed by atoms with Gasteiger partial charge >= 0.3 is 5.97 Å². The zero-order valence-corrected chi connectivity index (χ0v) is 21.6. The molecule has 0 bridgehead atoms. The highest BCUT2D eigenvalue weighted by atomic mass is 16.5. The molecule has 33 heavy (non-hydrogen) atoms. The number of hydrogen-bond acceptors (Lipinski definition) is 5. The molecule has 0 radical (unpaired) electrons. The molecule has 5 heteroatoms. The Hall–Kier alpha value is -0.940. The Morgan fingerprint density at radius 2 is 1.88 bits per heavy atom. The number of nitrogens with one attached hydrogen (secondary N) is 1. The molecule has 188 valence electrons. The van der Waals surface area contributed by atoms with Crippen LogP contribution in [0, 0.1) is 46.3 Å².